The molecule has 2 aromatic rings. The summed E-state index contributed by atoms with van der Waals surface area (Å²) < 4.78 is 4.88. The Labute approximate surface area is 145 Å². The Balaban J connectivity index is 1.77. The molecule has 0 unspecified atom stereocenters. The lowest BCUT2D eigenvalue weighted by atomic mass is 10.2. The third-order valence-corrected chi connectivity index (χ3v) is 3.05. The van der Waals surface area contributed by atoms with Crippen molar-refractivity contribution in [1.29, 1.82) is 0 Å². The summed E-state index contributed by atoms with van der Waals surface area (Å²) in [5.74, 6) is -1.22. The van der Waals surface area contributed by atoms with E-state index >= 15 is 0 Å². The quantitative estimate of drug-likeness (QED) is 0.626. The third-order valence-electron chi connectivity index (χ3n) is 3.05. The van der Waals surface area contributed by atoms with Crippen molar-refractivity contribution in [3.8, 4) is 0 Å². The first-order chi connectivity index (χ1) is 12.0. The van der Waals surface area contributed by atoms with E-state index in [-0.39, 0.29) is 12.5 Å². The van der Waals surface area contributed by atoms with Crippen LogP contribution >= 0.6 is 0 Å². The van der Waals surface area contributed by atoms with Gasteiger partial charge in [-0.2, -0.15) is 0 Å². The molecule has 0 radical (unpaired) electrons. The molecule has 0 spiro atoms. The second kappa shape index (κ2) is 9.02. The van der Waals surface area contributed by atoms with Crippen LogP contribution in [0.5, 0.6) is 0 Å². The molecule has 2 amide bonds. The molecule has 2 rings (SSSR count). The SMILES string of the molecule is CC(=O)Nc1ccc(NC(=O)COC(=O)/C=C/c2ccccc2)cc1. The third kappa shape index (κ3) is 6.70. The van der Waals surface area contributed by atoms with Gasteiger partial charge in [-0.15, -0.1) is 0 Å². The first kappa shape index (κ1) is 17.9. The molecular weight excluding hydrogens is 320 g/mol. The van der Waals surface area contributed by atoms with E-state index in [0.717, 1.165) is 5.56 Å². The maximum Gasteiger partial charge on any atom is 0.331 e. The van der Waals surface area contributed by atoms with Crippen LogP contribution in [0.1, 0.15) is 12.5 Å². The maximum absolute atomic E-state index is 11.8. The summed E-state index contributed by atoms with van der Waals surface area (Å²) in [5, 5.41) is 5.22. The normalized spacial score (nSPS) is 10.3. The van der Waals surface area contributed by atoms with E-state index in [1.54, 1.807) is 30.3 Å². The van der Waals surface area contributed by atoms with Gasteiger partial charge >= 0.3 is 5.97 Å². The Bertz CT molecular complexity index is 768. The van der Waals surface area contributed by atoms with E-state index < -0.39 is 11.9 Å². The number of amides is 2. The summed E-state index contributed by atoms with van der Waals surface area (Å²) in [4.78, 5) is 34.3. The Morgan fingerprint density at radius 1 is 0.920 bits per heavy atom. The molecule has 0 aromatic heterocycles. The van der Waals surface area contributed by atoms with Crippen molar-refractivity contribution in [2.45, 2.75) is 6.92 Å². The zero-order chi connectivity index (χ0) is 18.1. The molecule has 0 fully saturated rings. The number of rotatable bonds is 6. The summed E-state index contributed by atoms with van der Waals surface area (Å²) in [6, 6.07) is 15.9. The van der Waals surface area contributed by atoms with Crippen molar-refractivity contribution in [2.24, 2.45) is 0 Å². The van der Waals surface area contributed by atoms with Crippen LogP contribution in [0.3, 0.4) is 0 Å². The standard InChI is InChI=1S/C19H18N2O4/c1-14(22)20-16-8-10-17(11-9-16)21-18(23)13-25-19(24)12-7-15-5-3-2-4-6-15/h2-12H,13H2,1H3,(H,20,22)(H,21,23)/b12-7+. The average Bonchev–Trinajstić information content (AvgIpc) is 2.60. The zero-order valence-corrected chi connectivity index (χ0v) is 13.7. The van der Waals surface area contributed by atoms with Crippen molar-refractivity contribution < 1.29 is 19.1 Å². The van der Waals surface area contributed by atoms with Crippen LogP contribution in [0.4, 0.5) is 11.4 Å². The predicted octanol–water partition coefficient (Wildman–Crippen LogP) is 2.84. The molecule has 128 valence electrons. The van der Waals surface area contributed by atoms with Gasteiger partial charge in [0.1, 0.15) is 0 Å². The topological polar surface area (TPSA) is 84.5 Å². The number of anilines is 2. The molecule has 0 aliphatic carbocycles. The van der Waals surface area contributed by atoms with Crippen molar-refractivity contribution >= 4 is 35.2 Å². The summed E-state index contributed by atoms with van der Waals surface area (Å²) in [6.07, 6.45) is 2.88. The molecule has 2 aromatic carbocycles. The highest BCUT2D eigenvalue weighted by Gasteiger charge is 2.06. The molecule has 6 nitrogen and oxygen atoms in total. The van der Waals surface area contributed by atoms with E-state index in [9.17, 15) is 14.4 Å². The fourth-order valence-corrected chi connectivity index (χ4v) is 1.95. The number of carbonyl (C=O) groups excluding carboxylic acids is 3. The van der Waals surface area contributed by atoms with Crippen molar-refractivity contribution in [3.05, 3.63) is 66.2 Å². The highest BCUT2D eigenvalue weighted by molar-refractivity contribution is 5.95. The number of nitrogens with one attached hydrogen (secondary N) is 2. The number of esters is 1. The lowest BCUT2D eigenvalue weighted by Crippen LogP contribution is -2.20. The van der Waals surface area contributed by atoms with E-state index in [1.807, 2.05) is 30.3 Å². The second-order valence-corrected chi connectivity index (χ2v) is 5.16. The van der Waals surface area contributed by atoms with Crippen LogP contribution in [0.25, 0.3) is 6.08 Å². The molecule has 0 saturated carbocycles. The van der Waals surface area contributed by atoms with Gasteiger partial charge in [0.05, 0.1) is 0 Å². The summed E-state index contributed by atoms with van der Waals surface area (Å²) >= 11 is 0. The van der Waals surface area contributed by atoms with Crippen molar-refractivity contribution in [2.75, 3.05) is 17.2 Å². The van der Waals surface area contributed by atoms with Crippen molar-refractivity contribution in [1.82, 2.24) is 0 Å². The molecule has 2 N–H and O–H groups in total. The smallest absolute Gasteiger partial charge is 0.331 e. The first-order valence-corrected chi connectivity index (χ1v) is 7.60. The maximum atomic E-state index is 11.8. The first-order valence-electron chi connectivity index (χ1n) is 7.60. The number of hydrogen-bond donors (Lipinski definition) is 2. The van der Waals surface area contributed by atoms with Gasteiger partial charge in [-0.3, -0.25) is 9.59 Å². The van der Waals surface area contributed by atoms with E-state index in [1.165, 1.54) is 13.0 Å². The minimum Gasteiger partial charge on any atom is -0.452 e. The minimum absolute atomic E-state index is 0.174. The second-order valence-electron chi connectivity index (χ2n) is 5.16. The van der Waals surface area contributed by atoms with Crippen LogP contribution in [0, 0.1) is 0 Å². The average molecular weight is 338 g/mol. The fraction of sp³-hybridized carbons (Fsp3) is 0.105. The molecule has 0 heterocycles. The van der Waals surface area contributed by atoms with Crippen LogP contribution in [0.2, 0.25) is 0 Å². The number of ether oxygens (including phenoxy) is 1. The Morgan fingerprint density at radius 2 is 1.52 bits per heavy atom. The van der Waals surface area contributed by atoms with Crippen LogP contribution in [-0.2, 0) is 19.1 Å². The monoisotopic (exact) mass is 338 g/mol. The van der Waals surface area contributed by atoms with E-state index in [4.69, 9.17) is 4.74 Å². The molecule has 0 bridgehead atoms. The van der Waals surface area contributed by atoms with Gasteiger partial charge in [-0.05, 0) is 35.9 Å². The summed E-state index contributed by atoms with van der Waals surface area (Å²) in [7, 11) is 0. The lowest BCUT2D eigenvalue weighted by Gasteiger charge is -2.07. The zero-order valence-electron chi connectivity index (χ0n) is 13.7. The molecule has 0 aliphatic rings. The largest absolute Gasteiger partial charge is 0.452 e. The summed E-state index contributed by atoms with van der Waals surface area (Å²) in [6.45, 7) is 1.03. The molecule has 25 heavy (non-hydrogen) atoms. The highest BCUT2D eigenvalue weighted by Crippen LogP contribution is 2.13. The van der Waals surface area contributed by atoms with Gasteiger partial charge < -0.3 is 15.4 Å². The predicted molar refractivity (Wildman–Crippen MR) is 95.8 cm³/mol. The van der Waals surface area contributed by atoms with Crippen LogP contribution in [-0.4, -0.2) is 24.4 Å². The molecule has 0 saturated heterocycles. The van der Waals surface area contributed by atoms with Gasteiger partial charge in [0.2, 0.25) is 5.91 Å². The van der Waals surface area contributed by atoms with Gasteiger partial charge in [0, 0.05) is 24.4 Å². The van der Waals surface area contributed by atoms with Crippen LogP contribution in [0.15, 0.2) is 60.7 Å². The summed E-state index contributed by atoms with van der Waals surface area (Å²) in [5.41, 5.74) is 2.03. The van der Waals surface area contributed by atoms with Gasteiger partial charge in [0.25, 0.3) is 5.91 Å². The molecular formula is C19H18N2O4. The van der Waals surface area contributed by atoms with Crippen LogP contribution < -0.4 is 10.6 Å². The Kier molecular flexibility index (Phi) is 6.47. The van der Waals surface area contributed by atoms with Gasteiger partial charge in [-0.1, -0.05) is 30.3 Å². The Morgan fingerprint density at radius 3 is 2.12 bits per heavy atom. The molecule has 6 heteroatoms. The van der Waals surface area contributed by atoms with E-state index in [0.29, 0.717) is 11.4 Å². The number of hydrogen-bond acceptors (Lipinski definition) is 4. The van der Waals surface area contributed by atoms with Crippen molar-refractivity contribution in [3.63, 3.8) is 0 Å². The minimum atomic E-state index is -0.597. The number of carbonyl (C=O) groups is 3. The van der Waals surface area contributed by atoms with E-state index in [2.05, 4.69) is 10.6 Å². The number of benzene rings is 2. The molecule has 0 atom stereocenters. The highest BCUT2D eigenvalue weighted by atomic mass is 16.5. The lowest BCUT2D eigenvalue weighted by molar-refractivity contribution is -0.142. The molecule has 0 aliphatic heterocycles. The van der Waals surface area contributed by atoms with Gasteiger partial charge in [0.15, 0.2) is 6.61 Å². The fourth-order valence-electron chi connectivity index (χ4n) is 1.95. The Hall–Kier alpha value is -3.41. The van der Waals surface area contributed by atoms with Gasteiger partial charge in [-0.25, -0.2) is 4.79 Å².